The van der Waals surface area contributed by atoms with Crippen molar-refractivity contribution < 1.29 is 14.3 Å². The number of rotatable bonds is 7. The molecule has 2 N–H and O–H groups in total. The van der Waals surface area contributed by atoms with Crippen LogP contribution in [0.3, 0.4) is 0 Å². The standard InChI is InChI=1S/C23H25ClFN3O2/c24-17-5-8-19-20(14-17)27-23(26-19)22(30)16-9-12-28(13-10-16)11-1-2-21(29)15-3-6-18(25)7-4-15/h3-8,14,16,22,30H,1-2,9-13H2,(H,26,27). The first kappa shape index (κ1) is 21.0. The monoisotopic (exact) mass is 429 g/mol. The number of aromatic amines is 1. The van der Waals surface area contributed by atoms with E-state index in [0.717, 1.165) is 49.9 Å². The Bertz CT molecular complexity index is 1010. The number of halogens is 2. The molecule has 4 rings (SSSR count). The summed E-state index contributed by atoms with van der Waals surface area (Å²) in [5.74, 6) is 0.460. The van der Waals surface area contributed by atoms with Crippen LogP contribution in [0.15, 0.2) is 42.5 Å². The van der Waals surface area contributed by atoms with Gasteiger partial charge in [0, 0.05) is 17.0 Å². The summed E-state index contributed by atoms with van der Waals surface area (Å²) < 4.78 is 13.0. The number of Topliss-reactive ketones (excluding diaryl/α,β-unsaturated/α-hetero) is 1. The van der Waals surface area contributed by atoms with Gasteiger partial charge in [0.1, 0.15) is 17.7 Å². The molecule has 3 aromatic rings. The van der Waals surface area contributed by atoms with E-state index in [0.29, 0.717) is 22.8 Å². The van der Waals surface area contributed by atoms with Gasteiger partial charge in [-0.2, -0.15) is 0 Å². The lowest BCUT2D eigenvalue weighted by atomic mass is 9.90. The summed E-state index contributed by atoms with van der Waals surface area (Å²) >= 11 is 6.02. The first-order valence-corrected chi connectivity index (χ1v) is 10.7. The van der Waals surface area contributed by atoms with Crippen molar-refractivity contribution in [2.24, 2.45) is 5.92 Å². The zero-order chi connectivity index (χ0) is 21.1. The number of carbonyl (C=O) groups is 1. The second-order valence-corrected chi connectivity index (χ2v) is 8.38. The van der Waals surface area contributed by atoms with E-state index in [4.69, 9.17) is 11.6 Å². The van der Waals surface area contributed by atoms with E-state index >= 15 is 0 Å². The molecule has 0 bridgehead atoms. The summed E-state index contributed by atoms with van der Waals surface area (Å²) in [4.78, 5) is 22.2. The van der Waals surface area contributed by atoms with Crippen LogP contribution >= 0.6 is 11.6 Å². The molecule has 2 heterocycles. The van der Waals surface area contributed by atoms with Gasteiger partial charge in [-0.25, -0.2) is 9.37 Å². The van der Waals surface area contributed by atoms with E-state index < -0.39 is 6.10 Å². The molecule has 30 heavy (non-hydrogen) atoms. The van der Waals surface area contributed by atoms with Crippen LogP contribution in [0.25, 0.3) is 11.0 Å². The molecule has 2 aromatic carbocycles. The summed E-state index contributed by atoms with van der Waals surface area (Å²) in [6.07, 6.45) is 2.36. The number of nitrogens with zero attached hydrogens (tertiary/aromatic N) is 2. The first-order valence-electron chi connectivity index (χ1n) is 10.3. The average Bonchev–Trinajstić information content (AvgIpc) is 3.17. The molecule has 0 amide bonds. The second-order valence-electron chi connectivity index (χ2n) is 7.94. The van der Waals surface area contributed by atoms with E-state index in [1.165, 1.54) is 24.3 Å². The minimum absolute atomic E-state index is 0.0466. The number of nitrogens with one attached hydrogen (secondary N) is 1. The van der Waals surface area contributed by atoms with Crippen LogP contribution in [0, 0.1) is 11.7 Å². The SMILES string of the molecule is O=C(CCCN1CCC(C(O)c2nc3cc(Cl)ccc3[nH]2)CC1)c1ccc(F)cc1. The molecule has 158 valence electrons. The average molecular weight is 430 g/mol. The molecule has 1 fully saturated rings. The van der Waals surface area contributed by atoms with Crippen molar-refractivity contribution in [1.82, 2.24) is 14.9 Å². The highest BCUT2D eigenvalue weighted by Crippen LogP contribution is 2.31. The highest BCUT2D eigenvalue weighted by molar-refractivity contribution is 6.31. The number of imidazole rings is 1. The first-order chi connectivity index (χ1) is 14.5. The van der Waals surface area contributed by atoms with Crippen molar-refractivity contribution >= 4 is 28.4 Å². The molecule has 0 spiro atoms. The molecule has 0 radical (unpaired) electrons. The van der Waals surface area contributed by atoms with E-state index in [1.54, 1.807) is 12.1 Å². The quantitative estimate of drug-likeness (QED) is 0.531. The van der Waals surface area contributed by atoms with Gasteiger partial charge in [-0.1, -0.05) is 11.6 Å². The highest BCUT2D eigenvalue weighted by atomic mass is 35.5. The van der Waals surface area contributed by atoms with Crippen molar-refractivity contribution in [3.8, 4) is 0 Å². The lowest BCUT2D eigenvalue weighted by Gasteiger charge is -2.33. The van der Waals surface area contributed by atoms with Crippen LogP contribution in [0.5, 0.6) is 0 Å². The number of benzene rings is 2. The van der Waals surface area contributed by atoms with Crippen molar-refractivity contribution in [3.63, 3.8) is 0 Å². The van der Waals surface area contributed by atoms with E-state index in [1.807, 2.05) is 6.07 Å². The number of hydrogen-bond donors (Lipinski definition) is 2. The van der Waals surface area contributed by atoms with Crippen molar-refractivity contribution in [2.45, 2.75) is 31.8 Å². The summed E-state index contributed by atoms with van der Waals surface area (Å²) in [6, 6.07) is 11.2. The Balaban J connectivity index is 1.24. The molecule has 1 unspecified atom stereocenters. The summed E-state index contributed by atoms with van der Waals surface area (Å²) in [5.41, 5.74) is 2.20. The maximum atomic E-state index is 13.0. The third-order valence-electron chi connectivity index (χ3n) is 5.87. The Kier molecular flexibility index (Phi) is 6.46. The lowest BCUT2D eigenvalue weighted by molar-refractivity contribution is 0.0532. The summed E-state index contributed by atoms with van der Waals surface area (Å²) in [6.45, 7) is 2.62. The largest absolute Gasteiger partial charge is 0.385 e. The number of likely N-dealkylation sites (tertiary alicyclic amines) is 1. The molecule has 1 saturated heterocycles. The van der Waals surface area contributed by atoms with Gasteiger partial charge in [0.25, 0.3) is 0 Å². The van der Waals surface area contributed by atoms with Gasteiger partial charge < -0.3 is 15.0 Å². The Labute approximate surface area is 179 Å². The van der Waals surface area contributed by atoms with Crippen LogP contribution < -0.4 is 0 Å². The molecule has 1 aliphatic heterocycles. The summed E-state index contributed by atoms with van der Waals surface area (Å²) in [5, 5.41) is 11.4. The number of H-pyrrole nitrogens is 1. The van der Waals surface area contributed by atoms with Crippen molar-refractivity contribution in [2.75, 3.05) is 19.6 Å². The van der Waals surface area contributed by atoms with E-state index in [-0.39, 0.29) is 17.5 Å². The Morgan fingerprint density at radius 3 is 2.70 bits per heavy atom. The van der Waals surface area contributed by atoms with Crippen LogP contribution in [-0.2, 0) is 0 Å². The molecule has 1 aromatic heterocycles. The molecule has 0 saturated carbocycles. The van der Waals surface area contributed by atoms with Crippen LogP contribution in [0.1, 0.15) is 48.0 Å². The number of ketones is 1. The topological polar surface area (TPSA) is 69.2 Å². The zero-order valence-electron chi connectivity index (χ0n) is 16.7. The van der Waals surface area contributed by atoms with E-state index in [9.17, 15) is 14.3 Å². The van der Waals surface area contributed by atoms with Crippen molar-refractivity contribution in [3.05, 3.63) is 64.7 Å². The molecule has 0 aliphatic carbocycles. The molecule has 1 atom stereocenters. The number of aliphatic hydroxyl groups excluding tert-OH is 1. The fourth-order valence-corrected chi connectivity index (χ4v) is 4.26. The van der Waals surface area contributed by atoms with Crippen molar-refractivity contribution in [1.29, 1.82) is 0 Å². The Morgan fingerprint density at radius 1 is 1.23 bits per heavy atom. The lowest BCUT2D eigenvalue weighted by Crippen LogP contribution is -2.36. The van der Waals surface area contributed by atoms with Crippen LogP contribution in [0.4, 0.5) is 4.39 Å². The fraction of sp³-hybridized carbons (Fsp3) is 0.391. The third kappa shape index (κ3) is 4.89. The Morgan fingerprint density at radius 2 is 1.97 bits per heavy atom. The fourth-order valence-electron chi connectivity index (χ4n) is 4.10. The van der Waals surface area contributed by atoms with Crippen LogP contribution in [0.2, 0.25) is 5.02 Å². The predicted octanol–water partition coefficient (Wildman–Crippen LogP) is 4.76. The zero-order valence-corrected chi connectivity index (χ0v) is 17.4. The second kappa shape index (κ2) is 9.25. The van der Waals surface area contributed by atoms with Gasteiger partial charge in [-0.15, -0.1) is 0 Å². The minimum atomic E-state index is -0.627. The van der Waals surface area contributed by atoms with Gasteiger partial charge in [0.2, 0.25) is 0 Å². The molecule has 1 aliphatic rings. The number of piperidine rings is 1. The van der Waals surface area contributed by atoms with Gasteiger partial charge in [0.05, 0.1) is 11.0 Å². The molecular formula is C23H25ClFN3O2. The Hall–Kier alpha value is -2.28. The molecule has 5 nitrogen and oxygen atoms in total. The number of carbonyl (C=O) groups excluding carboxylic acids is 1. The predicted molar refractivity (Wildman–Crippen MR) is 115 cm³/mol. The van der Waals surface area contributed by atoms with Gasteiger partial charge >= 0.3 is 0 Å². The van der Waals surface area contributed by atoms with Crippen LogP contribution in [-0.4, -0.2) is 45.4 Å². The normalized spacial score (nSPS) is 16.8. The minimum Gasteiger partial charge on any atom is -0.385 e. The number of fused-ring (bicyclic) bond motifs is 1. The third-order valence-corrected chi connectivity index (χ3v) is 6.10. The van der Waals surface area contributed by atoms with Gasteiger partial charge in [-0.3, -0.25) is 4.79 Å². The highest BCUT2D eigenvalue weighted by Gasteiger charge is 2.28. The van der Waals surface area contributed by atoms with E-state index in [2.05, 4.69) is 14.9 Å². The van der Waals surface area contributed by atoms with Gasteiger partial charge in [-0.05, 0) is 87.3 Å². The maximum absolute atomic E-state index is 13.0. The van der Waals surface area contributed by atoms with Gasteiger partial charge in [0.15, 0.2) is 5.78 Å². The number of aliphatic hydroxyl groups is 1. The summed E-state index contributed by atoms with van der Waals surface area (Å²) in [7, 11) is 0. The number of aromatic nitrogens is 2. The molecule has 7 heteroatoms. The smallest absolute Gasteiger partial charge is 0.162 e. The molecular weight excluding hydrogens is 405 g/mol. The number of hydrogen-bond acceptors (Lipinski definition) is 4. The maximum Gasteiger partial charge on any atom is 0.162 e.